The van der Waals surface area contributed by atoms with Crippen LogP contribution in [-0.2, 0) is 15.1 Å². The molecule has 0 aliphatic carbocycles. The molecule has 1 aromatic rings. The van der Waals surface area contributed by atoms with Crippen molar-refractivity contribution in [3.63, 3.8) is 0 Å². The molecule has 3 unspecified atom stereocenters. The average molecular weight is 341 g/mol. The molecule has 0 spiro atoms. The lowest BCUT2D eigenvalue weighted by Gasteiger charge is -2.22. The minimum absolute atomic E-state index is 0. The largest absolute Gasteiger partial charge is 0.327 e. The number of anilines is 1. The van der Waals surface area contributed by atoms with Gasteiger partial charge in [-0.1, -0.05) is 19.1 Å². The Labute approximate surface area is 140 Å². The van der Waals surface area contributed by atoms with Gasteiger partial charge in [0.15, 0.2) is 0 Å². The van der Waals surface area contributed by atoms with Gasteiger partial charge in [-0.3, -0.25) is 14.9 Å². The molecule has 0 aromatic heterocycles. The Kier molecular flexibility index (Phi) is 5.74. The highest BCUT2D eigenvalue weighted by Gasteiger charge is 2.43. The SMILES string of the molecule is CC(N)C(C)C(=O)Nc1cccc(C2(C)NC(=O)NC2=O)c1.Cl. The Morgan fingerprint density at radius 3 is 2.48 bits per heavy atom. The lowest BCUT2D eigenvalue weighted by atomic mass is 9.92. The topological polar surface area (TPSA) is 113 Å². The van der Waals surface area contributed by atoms with Gasteiger partial charge in [0.2, 0.25) is 5.91 Å². The summed E-state index contributed by atoms with van der Waals surface area (Å²) in [6.45, 7) is 5.12. The van der Waals surface area contributed by atoms with Crippen LogP contribution in [0, 0.1) is 5.92 Å². The maximum Gasteiger partial charge on any atom is 0.322 e. The molecule has 0 bridgehead atoms. The molecule has 4 amide bonds. The van der Waals surface area contributed by atoms with Gasteiger partial charge < -0.3 is 16.4 Å². The molecule has 3 atom stereocenters. The molecule has 7 nitrogen and oxygen atoms in total. The van der Waals surface area contributed by atoms with Gasteiger partial charge in [0.1, 0.15) is 5.54 Å². The number of urea groups is 1. The van der Waals surface area contributed by atoms with Crippen LogP contribution >= 0.6 is 12.4 Å². The number of carbonyl (C=O) groups is 3. The average Bonchev–Trinajstić information content (AvgIpc) is 2.72. The summed E-state index contributed by atoms with van der Waals surface area (Å²) in [6, 6.07) is 6.01. The molecule has 1 aliphatic heterocycles. The first-order chi connectivity index (χ1) is 10.2. The first kappa shape index (κ1) is 18.9. The molecule has 126 valence electrons. The van der Waals surface area contributed by atoms with Crippen LogP contribution in [0.3, 0.4) is 0 Å². The fraction of sp³-hybridized carbons (Fsp3) is 0.400. The number of nitrogens with one attached hydrogen (secondary N) is 3. The minimum Gasteiger partial charge on any atom is -0.327 e. The van der Waals surface area contributed by atoms with Gasteiger partial charge in [-0.15, -0.1) is 12.4 Å². The molecule has 2 rings (SSSR count). The summed E-state index contributed by atoms with van der Waals surface area (Å²) < 4.78 is 0. The highest BCUT2D eigenvalue weighted by Crippen LogP contribution is 2.26. The maximum atomic E-state index is 12.0. The monoisotopic (exact) mass is 340 g/mol. The number of rotatable bonds is 4. The van der Waals surface area contributed by atoms with Crippen LogP contribution < -0.4 is 21.7 Å². The van der Waals surface area contributed by atoms with E-state index in [1.807, 2.05) is 0 Å². The van der Waals surface area contributed by atoms with E-state index in [9.17, 15) is 14.4 Å². The second-order valence-corrected chi connectivity index (χ2v) is 5.75. The number of hydrogen-bond acceptors (Lipinski definition) is 4. The van der Waals surface area contributed by atoms with Crippen molar-refractivity contribution in [1.82, 2.24) is 10.6 Å². The summed E-state index contributed by atoms with van der Waals surface area (Å²) in [5, 5.41) is 7.56. The second-order valence-electron chi connectivity index (χ2n) is 5.75. The van der Waals surface area contributed by atoms with E-state index >= 15 is 0 Å². The minimum atomic E-state index is -1.15. The van der Waals surface area contributed by atoms with Gasteiger partial charge in [-0.25, -0.2) is 4.79 Å². The first-order valence-corrected chi connectivity index (χ1v) is 7.04. The van der Waals surface area contributed by atoms with Gasteiger partial charge in [0.25, 0.3) is 5.91 Å². The Hall–Kier alpha value is -2.12. The van der Waals surface area contributed by atoms with E-state index in [4.69, 9.17) is 5.73 Å². The molecule has 1 fully saturated rings. The fourth-order valence-corrected chi connectivity index (χ4v) is 2.15. The zero-order valence-corrected chi connectivity index (χ0v) is 14.0. The van der Waals surface area contributed by atoms with Crippen LogP contribution in [-0.4, -0.2) is 23.9 Å². The predicted molar refractivity (Wildman–Crippen MR) is 89.2 cm³/mol. The lowest BCUT2D eigenvalue weighted by Crippen LogP contribution is -2.40. The zero-order valence-electron chi connectivity index (χ0n) is 13.2. The predicted octanol–water partition coefficient (Wildman–Crippen LogP) is 1.08. The summed E-state index contributed by atoms with van der Waals surface area (Å²) in [5.41, 5.74) is 5.70. The Morgan fingerprint density at radius 2 is 1.96 bits per heavy atom. The molecule has 5 N–H and O–H groups in total. The van der Waals surface area contributed by atoms with Crippen LogP contribution in [0.2, 0.25) is 0 Å². The van der Waals surface area contributed by atoms with Gasteiger partial charge in [0, 0.05) is 11.7 Å². The molecular formula is C15H21ClN4O3. The van der Waals surface area contributed by atoms with Crippen LogP contribution in [0.25, 0.3) is 0 Å². The number of amides is 4. The number of carbonyl (C=O) groups excluding carboxylic acids is 3. The van der Waals surface area contributed by atoms with Crippen molar-refractivity contribution < 1.29 is 14.4 Å². The zero-order chi connectivity index (χ0) is 16.5. The van der Waals surface area contributed by atoms with Crippen LogP contribution in [0.4, 0.5) is 10.5 Å². The number of nitrogens with two attached hydrogens (primary N) is 1. The first-order valence-electron chi connectivity index (χ1n) is 7.04. The quantitative estimate of drug-likeness (QED) is 0.614. The van der Waals surface area contributed by atoms with Gasteiger partial charge in [-0.2, -0.15) is 0 Å². The number of hydrogen-bond donors (Lipinski definition) is 4. The third kappa shape index (κ3) is 3.80. The molecule has 23 heavy (non-hydrogen) atoms. The molecule has 0 saturated carbocycles. The van der Waals surface area contributed by atoms with Gasteiger partial charge >= 0.3 is 6.03 Å². The fourth-order valence-electron chi connectivity index (χ4n) is 2.15. The van der Waals surface area contributed by atoms with Crippen molar-refractivity contribution >= 4 is 35.9 Å². The second kappa shape index (κ2) is 6.97. The van der Waals surface area contributed by atoms with Crippen molar-refractivity contribution in [3.05, 3.63) is 29.8 Å². The Balaban J connectivity index is 0.00000264. The third-order valence-electron chi connectivity index (χ3n) is 3.95. The summed E-state index contributed by atoms with van der Waals surface area (Å²) >= 11 is 0. The van der Waals surface area contributed by atoms with E-state index < -0.39 is 17.5 Å². The van der Waals surface area contributed by atoms with Crippen LogP contribution in [0.1, 0.15) is 26.3 Å². The van der Waals surface area contributed by atoms with Crippen molar-refractivity contribution in [2.45, 2.75) is 32.4 Å². The van der Waals surface area contributed by atoms with E-state index in [1.165, 1.54) is 0 Å². The number of benzene rings is 1. The number of halogens is 1. The van der Waals surface area contributed by atoms with Crippen LogP contribution in [0.15, 0.2) is 24.3 Å². The molecule has 1 heterocycles. The highest BCUT2D eigenvalue weighted by atomic mass is 35.5. The van der Waals surface area contributed by atoms with E-state index in [0.29, 0.717) is 11.3 Å². The number of imide groups is 1. The molecular weight excluding hydrogens is 320 g/mol. The standard InChI is InChI=1S/C15H20N4O3.ClH/c1-8(9(2)16)12(20)17-11-6-4-5-10(7-11)15(3)13(21)18-14(22)19-15;/h4-9H,16H2,1-3H3,(H,17,20)(H2,18,19,21,22);1H. The summed E-state index contributed by atoms with van der Waals surface area (Å²) in [7, 11) is 0. The van der Waals surface area contributed by atoms with E-state index in [0.717, 1.165) is 0 Å². The molecule has 0 radical (unpaired) electrons. The summed E-state index contributed by atoms with van der Waals surface area (Å²) in [5.74, 6) is -0.962. The molecule has 1 aromatic carbocycles. The van der Waals surface area contributed by atoms with Crippen LogP contribution in [0.5, 0.6) is 0 Å². The maximum absolute atomic E-state index is 12.0. The molecule has 8 heteroatoms. The van der Waals surface area contributed by atoms with E-state index in [1.54, 1.807) is 45.0 Å². The highest BCUT2D eigenvalue weighted by molar-refractivity contribution is 6.07. The lowest BCUT2D eigenvalue weighted by molar-refractivity contribution is -0.123. The van der Waals surface area contributed by atoms with Crippen molar-refractivity contribution in [2.75, 3.05) is 5.32 Å². The van der Waals surface area contributed by atoms with E-state index in [2.05, 4.69) is 16.0 Å². The van der Waals surface area contributed by atoms with Crippen molar-refractivity contribution in [2.24, 2.45) is 11.7 Å². The summed E-state index contributed by atoms with van der Waals surface area (Å²) in [4.78, 5) is 35.3. The molecule has 1 aliphatic rings. The van der Waals surface area contributed by atoms with Crippen molar-refractivity contribution in [1.29, 1.82) is 0 Å². The normalized spacial score (nSPS) is 22.4. The molecule has 1 saturated heterocycles. The van der Waals surface area contributed by atoms with Crippen molar-refractivity contribution in [3.8, 4) is 0 Å². The smallest absolute Gasteiger partial charge is 0.322 e. The Bertz CT molecular complexity index is 635. The third-order valence-corrected chi connectivity index (χ3v) is 3.95. The summed E-state index contributed by atoms with van der Waals surface area (Å²) in [6.07, 6.45) is 0. The van der Waals surface area contributed by atoms with Gasteiger partial charge in [0.05, 0.1) is 5.92 Å². The van der Waals surface area contributed by atoms with E-state index in [-0.39, 0.29) is 30.3 Å². The van der Waals surface area contributed by atoms with Gasteiger partial charge in [-0.05, 0) is 31.5 Å². The Morgan fingerprint density at radius 1 is 1.30 bits per heavy atom.